The van der Waals surface area contributed by atoms with Gasteiger partial charge in [-0.25, -0.2) is 4.79 Å². The molecule has 0 aliphatic carbocycles. The van der Waals surface area contributed by atoms with E-state index in [1.54, 1.807) is 11.0 Å². The van der Waals surface area contributed by atoms with Crippen molar-refractivity contribution in [3.05, 3.63) is 70.8 Å². The number of ether oxygens (including phenoxy) is 2. The van der Waals surface area contributed by atoms with Gasteiger partial charge in [0.25, 0.3) is 0 Å². The number of aryl methyl sites for hydroxylation is 1. The van der Waals surface area contributed by atoms with Crippen LogP contribution in [0.4, 0.5) is 4.79 Å². The highest BCUT2D eigenvalue weighted by Crippen LogP contribution is 2.42. The Bertz CT molecular complexity index is 924. The predicted octanol–water partition coefficient (Wildman–Crippen LogP) is 3.25. The van der Waals surface area contributed by atoms with Crippen molar-refractivity contribution < 1.29 is 19.4 Å². The molecule has 2 unspecified atom stereocenters. The van der Waals surface area contributed by atoms with E-state index in [2.05, 4.69) is 6.07 Å². The van der Waals surface area contributed by atoms with E-state index >= 15 is 0 Å². The normalized spacial score (nSPS) is 25.9. The topological polar surface area (TPSA) is 82.8 Å². The van der Waals surface area contributed by atoms with Crippen LogP contribution in [0.5, 0.6) is 0 Å². The first-order valence-corrected chi connectivity index (χ1v) is 9.80. The Morgan fingerprint density at radius 1 is 1.24 bits per heavy atom. The largest absolute Gasteiger partial charge is 0.445 e. The van der Waals surface area contributed by atoms with Gasteiger partial charge >= 0.3 is 6.09 Å². The lowest BCUT2D eigenvalue weighted by atomic mass is 9.75. The highest BCUT2D eigenvalue weighted by molar-refractivity contribution is 5.69. The molecule has 0 aromatic heterocycles. The van der Waals surface area contributed by atoms with Crippen LogP contribution >= 0.6 is 0 Å². The summed E-state index contributed by atoms with van der Waals surface area (Å²) in [5, 5.41) is 21.0. The summed E-state index contributed by atoms with van der Waals surface area (Å²) >= 11 is 0. The highest BCUT2D eigenvalue weighted by atomic mass is 16.6. The first-order chi connectivity index (χ1) is 14.0. The average molecular weight is 392 g/mol. The third-order valence-electron chi connectivity index (χ3n) is 5.77. The number of nitrogens with zero attached hydrogens (tertiary/aromatic N) is 2. The zero-order chi connectivity index (χ0) is 20.4. The van der Waals surface area contributed by atoms with Crippen molar-refractivity contribution in [2.75, 3.05) is 13.2 Å². The fourth-order valence-electron chi connectivity index (χ4n) is 4.44. The van der Waals surface area contributed by atoms with Crippen LogP contribution in [0, 0.1) is 18.3 Å². The van der Waals surface area contributed by atoms with Crippen molar-refractivity contribution in [1.82, 2.24) is 4.90 Å². The van der Waals surface area contributed by atoms with Crippen molar-refractivity contribution >= 4 is 6.09 Å². The summed E-state index contributed by atoms with van der Waals surface area (Å²) in [6, 6.07) is 16.7. The smallest absolute Gasteiger partial charge is 0.410 e. The molecule has 0 saturated carbocycles. The molecule has 4 rings (SSSR count). The molecule has 2 bridgehead atoms. The van der Waals surface area contributed by atoms with Gasteiger partial charge in [-0.1, -0.05) is 42.5 Å². The Hall–Kier alpha value is -2.88. The van der Waals surface area contributed by atoms with E-state index in [9.17, 15) is 15.2 Å². The van der Waals surface area contributed by atoms with Gasteiger partial charge in [-0.05, 0) is 24.1 Å². The predicted molar refractivity (Wildman–Crippen MR) is 106 cm³/mol. The first kappa shape index (κ1) is 19.4. The second-order valence-electron chi connectivity index (χ2n) is 7.89. The van der Waals surface area contributed by atoms with Crippen LogP contribution in [0.15, 0.2) is 48.5 Å². The maximum Gasteiger partial charge on any atom is 0.410 e. The van der Waals surface area contributed by atoms with E-state index in [1.807, 2.05) is 49.4 Å². The number of carbonyl (C=O) groups excluding carboxylic acids is 1. The third-order valence-corrected chi connectivity index (χ3v) is 5.77. The maximum atomic E-state index is 12.8. The lowest BCUT2D eigenvalue weighted by Crippen LogP contribution is -2.62. The summed E-state index contributed by atoms with van der Waals surface area (Å²) in [6.07, 6.45) is 0.224. The molecule has 2 saturated heterocycles. The minimum absolute atomic E-state index is 0.206. The van der Waals surface area contributed by atoms with Crippen LogP contribution in [0.25, 0.3) is 0 Å². The fraction of sp³-hybridized carbons (Fsp3) is 0.391. The Balaban J connectivity index is 1.53. The number of benzene rings is 2. The Morgan fingerprint density at radius 3 is 2.59 bits per heavy atom. The van der Waals surface area contributed by atoms with Gasteiger partial charge in [0.05, 0.1) is 42.5 Å². The van der Waals surface area contributed by atoms with Crippen LogP contribution in [0.1, 0.15) is 35.1 Å². The second kappa shape index (κ2) is 7.86. The molecule has 1 amide bonds. The molecule has 29 heavy (non-hydrogen) atoms. The zero-order valence-corrected chi connectivity index (χ0v) is 16.4. The SMILES string of the molecule is Cc1ccc(C2(O)CC3COCC(C2)N3C(=O)OCc2ccccc2)c(C#N)c1. The van der Waals surface area contributed by atoms with Gasteiger partial charge in [-0.2, -0.15) is 5.26 Å². The molecule has 2 fully saturated rings. The number of fused-ring (bicyclic) bond motifs is 2. The van der Waals surface area contributed by atoms with Crippen molar-refractivity contribution in [1.29, 1.82) is 5.26 Å². The number of morpholine rings is 1. The second-order valence-corrected chi connectivity index (χ2v) is 7.89. The van der Waals surface area contributed by atoms with Crippen molar-refractivity contribution in [3.8, 4) is 6.07 Å². The van der Waals surface area contributed by atoms with Gasteiger partial charge in [0.2, 0.25) is 0 Å². The quantitative estimate of drug-likeness (QED) is 0.867. The Morgan fingerprint density at radius 2 is 1.93 bits per heavy atom. The molecule has 2 aromatic carbocycles. The molecule has 6 nitrogen and oxygen atoms in total. The van der Waals surface area contributed by atoms with Gasteiger partial charge in [0, 0.05) is 18.4 Å². The summed E-state index contributed by atoms with van der Waals surface area (Å²) in [5.41, 5.74) is 1.83. The van der Waals surface area contributed by atoms with Crippen LogP contribution in [0.2, 0.25) is 0 Å². The lowest BCUT2D eigenvalue weighted by molar-refractivity contribution is -0.137. The number of amides is 1. The molecule has 0 spiro atoms. The molecule has 1 N–H and O–H groups in total. The summed E-state index contributed by atoms with van der Waals surface area (Å²) in [6.45, 7) is 2.81. The number of hydrogen-bond donors (Lipinski definition) is 1. The van der Waals surface area contributed by atoms with Gasteiger partial charge in [0.15, 0.2) is 0 Å². The molecular weight excluding hydrogens is 368 g/mol. The van der Waals surface area contributed by atoms with E-state index < -0.39 is 11.7 Å². The van der Waals surface area contributed by atoms with E-state index in [0.717, 1.165) is 11.1 Å². The monoisotopic (exact) mass is 392 g/mol. The molecule has 0 radical (unpaired) electrons. The van der Waals surface area contributed by atoms with Crippen molar-refractivity contribution in [3.63, 3.8) is 0 Å². The number of rotatable bonds is 3. The van der Waals surface area contributed by atoms with E-state index in [-0.39, 0.29) is 18.7 Å². The van der Waals surface area contributed by atoms with Gasteiger partial charge < -0.3 is 14.6 Å². The zero-order valence-electron chi connectivity index (χ0n) is 16.4. The molecular formula is C23H24N2O4. The van der Waals surface area contributed by atoms with Crippen molar-refractivity contribution in [2.24, 2.45) is 0 Å². The van der Waals surface area contributed by atoms with Gasteiger partial charge in [0.1, 0.15) is 6.61 Å². The minimum Gasteiger partial charge on any atom is -0.445 e. The first-order valence-electron chi connectivity index (χ1n) is 9.80. The molecule has 2 aliphatic heterocycles. The molecule has 2 aromatic rings. The van der Waals surface area contributed by atoms with Gasteiger partial charge in [-0.15, -0.1) is 0 Å². The standard InChI is InChI=1S/C23H24N2O4/c1-16-7-8-21(18(9-16)12-24)23(27)10-19-14-28-15-20(11-23)25(19)22(26)29-13-17-5-3-2-4-6-17/h2-9,19-20,27H,10-11,13-15H2,1H3. The van der Waals surface area contributed by atoms with Crippen LogP contribution in [-0.2, 0) is 21.7 Å². The Kier molecular flexibility index (Phi) is 5.27. The number of aliphatic hydroxyl groups is 1. The number of carbonyl (C=O) groups is 1. The fourth-order valence-corrected chi connectivity index (χ4v) is 4.44. The summed E-state index contributed by atoms with van der Waals surface area (Å²) in [4.78, 5) is 14.5. The highest BCUT2D eigenvalue weighted by Gasteiger charge is 2.50. The molecule has 2 atom stereocenters. The number of piperidine rings is 1. The Labute approximate surface area is 170 Å². The summed E-state index contributed by atoms with van der Waals surface area (Å²) in [7, 11) is 0. The van der Waals surface area contributed by atoms with Crippen LogP contribution in [-0.4, -0.2) is 41.4 Å². The number of nitriles is 1. The number of hydrogen-bond acceptors (Lipinski definition) is 5. The van der Waals surface area contributed by atoms with Crippen molar-refractivity contribution in [2.45, 2.75) is 44.1 Å². The van der Waals surface area contributed by atoms with Gasteiger partial charge in [-0.3, -0.25) is 4.90 Å². The summed E-state index contributed by atoms with van der Waals surface area (Å²) in [5.74, 6) is 0. The summed E-state index contributed by atoms with van der Waals surface area (Å²) < 4.78 is 11.2. The molecule has 150 valence electrons. The van der Waals surface area contributed by atoms with E-state index in [4.69, 9.17) is 9.47 Å². The third kappa shape index (κ3) is 3.84. The average Bonchev–Trinajstić information content (AvgIpc) is 2.72. The van der Waals surface area contributed by atoms with E-state index in [1.165, 1.54) is 0 Å². The molecule has 2 heterocycles. The lowest BCUT2D eigenvalue weighted by Gasteiger charge is -2.51. The molecule has 6 heteroatoms. The van der Waals surface area contributed by atoms with Crippen LogP contribution < -0.4 is 0 Å². The van der Waals surface area contributed by atoms with Crippen LogP contribution in [0.3, 0.4) is 0 Å². The molecule has 2 aliphatic rings. The van der Waals surface area contributed by atoms with E-state index in [0.29, 0.717) is 37.2 Å². The maximum absolute atomic E-state index is 12.8. The minimum atomic E-state index is -1.17.